The van der Waals surface area contributed by atoms with E-state index < -0.39 is 23.5 Å². The lowest BCUT2D eigenvalue weighted by Gasteiger charge is -2.27. The molecule has 0 spiro atoms. The van der Waals surface area contributed by atoms with Crippen molar-refractivity contribution in [3.05, 3.63) is 0 Å². The van der Waals surface area contributed by atoms with Crippen LogP contribution in [0.5, 0.6) is 0 Å². The zero-order valence-corrected chi connectivity index (χ0v) is 11.9. The monoisotopic (exact) mass is 274 g/mol. The lowest BCUT2D eigenvalue weighted by molar-refractivity contribution is -0.144. The second-order valence-electron chi connectivity index (χ2n) is 4.40. The molecule has 0 aromatic carbocycles. The summed E-state index contributed by atoms with van der Waals surface area (Å²) in [7, 11) is 1.49. The van der Waals surface area contributed by atoms with Gasteiger partial charge < -0.3 is 20.1 Å². The number of nitrogens with one attached hydrogen (secondary N) is 1. The van der Waals surface area contributed by atoms with Gasteiger partial charge in [-0.05, 0) is 20.3 Å². The number of aliphatic carboxylic acids is 1. The van der Waals surface area contributed by atoms with E-state index in [4.69, 9.17) is 9.84 Å². The molecule has 110 valence electrons. The maximum atomic E-state index is 11.8. The number of carbonyl (C=O) groups excluding carboxylic acids is 2. The van der Waals surface area contributed by atoms with Crippen molar-refractivity contribution in [2.24, 2.45) is 0 Å². The van der Waals surface area contributed by atoms with Gasteiger partial charge in [0, 0.05) is 13.6 Å². The molecule has 7 nitrogen and oxygen atoms in total. The van der Waals surface area contributed by atoms with Gasteiger partial charge in [-0.25, -0.2) is 9.59 Å². The van der Waals surface area contributed by atoms with Gasteiger partial charge in [-0.1, -0.05) is 6.92 Å². The topological polar surface area (TPSA) is 95.9 Å². The summed E-state index contributed by atoms with van der Waals surface area (Å²) >= 11 is 0. The molecule has 0 aromatic heterocycles. The van der Waals surface area contributed by atoms with E-state index in [0.29, 0.717) is 6.61 Å². The molecule has 0 aliphatic carbocycles. The number of carboxylic acids is 1. The van der Waals surface area contributed by atoms with Gasteiger partial charge in [-0.15, -0.1) is 0 Å². The van der Waals surface area contributed by atoms with Crippen molar-refractivity contribution >= 4 is 18.0 Å². The molecule has 19 heavy (non-hydrogen) atoms. The fraction of sp³-hybridized carbons (Fsp3) is 0.750. The van der Waals surface area contributed by atoms with Crippen LogP contribution in [0.3, 0.4) is 0 Å². The Morgan fingerprint density at radius 2 is 1.89 bits per heavy atom. The molecule has 0 aliphatic heterocycles. The van der Waals surface area contributed by atoms with Crippen LogP contribution in [-0.2, 0) is 14.3 Å². The highest BCUT2D eigenvalue weighted by atomic mass is 16.5. The molecule has 0 bridgehead atoms. The van der Waals surface area contributed by atoms with Crippen LogP contribution in [0.4, 0.5) is 4.79 Å². The third kappa shape index (κ3) is 5.58. The molecule has 2 amide bonds. The number of carbonyl (C=O) groups is 3. The van der Waals surface area contributed by atoms with Crippen molar-refractivity contribution in [1.29, 1.82) is 0 Å². The Morgan fingerprint density at radius 1 is 1.32 bits per heavy atom. The summed E-state index contributed by atoms with van der Waals surface area (Å²) in [6.45, 7) is 5.28. The van der Waals surface area contributed by atoms with Gasteiger partial charge in [0.25, 0.3) is 0 Å². The van der Waals surface area contributed by atoms with E-state index in [-0.39, 0.29) is 19.4 Å². The molecule has 7 heteroatoms. The Kier molecular flexibility index (Phi) is 6.89. The number of amides is 2. The van der Waals surface area contributed by atoms with Crippen molar-refractivity contribution in [1.82, 2.24) is 10.2 Å². The average molecular weight is 274 g/mol. The van der Waals surface area contributed by atoms with Crippen molar-refractivity contribution in [2.75, 3.05) is 20.2 Å². The van der Waals surface area contributed by atoms with Gasteiger partial charge in [0.15, 0.2) is 0 Å². The van der Waals surface area contributed by atoms with E-state index >= 15 is 0 Å². The van der Waals surface area contributed by atoms with Crippen molar-refractivity contribution < 1.29 is 24.2 Å². The smallest absolute Gasteiger partial charge is 0.329 e. The second-order valence-corrected chi connectivity index (χ2v) is 4.40. The number of ether oxygens (including phenoxy) is 1. The fourth-order valence-electron chi connectivity index (χ4n) is 1.22. The summed E-state index contributed by atoms with van der Waals surface area (Å²) in [4.78, 5) is 35.2. The SMILES string of the molecule is CCOC(=O)CCN(C)C(=O)NC(C)(CC)C(=O)O. The molecule has 0 aliphatic rings. The summed E-state index contributed by atoms with van der Waals surface area (Å²) in [6, 6.07) is -0.531. The highest BCUT2D eigenvalue weighted by Crippen LogP contribution is 2.09. The number of esters is 1. The minimum absolute atomic E-state index is 0.0771. The average Bonchev–Trinajstić information content (AvgIpc) is 2.35. The van der Waals surface area contributed by atoms with Crippen LogP contribution >= 0.6 is 0 Å². The Balaban J connectivity index is 4.34. The van der Waals surface area contributed by atoms with E-state index in [1.807, 2.05) is 0 Å². The second kappa shape index (κ2) is 7.60. The van der Waals surface area contributed by atoms with Crippen molar-refractivity contribution in [3.63, 3.8) is 0 Å². The van der Waals surface area contributed by atoms with Gasteiger partial charge in [-0.2, -0.15) is 0 Å². The number of carboxylic acid groups (broad SMARTS) is 1. The van der Waals surface area contributed by atoms with Crippen LogP contribution in [0.25, 0.3) is 0 Å². The molecule has 0 saturated heterocycles. The number of rotatable bonds is 7. The normalized spacial score (nSPS) is 13.3. The predicted molar refractivity (Wildman–Crippen MR) is 68.7 cm³/mol. The predicted octanol–water partition coefficient (Wildman–Crippen LogP) is 0.834. The molecular formula is C12H22N2O5. The molecule has 2 N–H and O–H groups in total. The molecular weight excluding hydrogens is 252 g/mol. The molecule has 0 aromatic rings. The van der Waals surface area contributed by atoms with Crippen LogP contribution in [0, 0.1) is 0 Å². The van der Waals surface area contributed by atoms with E-state index in [1.165, 1.54) is 18.9 Å². The van der Waals surface area contributed by atoms with Crippen LogP contribution in [-0.4, -0.2) is 53.7 Å². The largest absolute Gasteiger partial charge is 0.480 e. The van der Waals surface area contributed by atoms with E-state index in [9.17, 15) is 14.4 Å². The van der Waals surface area contributed by atoms with Gasteiger partial charge >= 0.3 is 18.0 Å². The Morgan fingerprint density at radius 3 is 2.32 bits per heavy atom. The Bertz CT molecular complexity index is 345. The zero-order chi connectivity index (χ0) is 15.1. The third-order valence-electron chi connectivity index (χ3n) is 2.87. The number of hydrogen-bond acceptors (Lipinski definition) is 4. The van der Waals surface area contributed by atoms with E-state index in [0.717, 1.165) is 0 Å². The van der Waals surface area contributed by atoms with E-state index in [2.05, 4.69) is 5.32 Å². The highest BCUT2D eigenvalue weighted by molar-refractivity contribution is 5.85. The standard InChI is InChI=1S/C12H22N2O5/c1-5-12(3,10(16)17)13-11(18)14(4)8-7-9(15)19-6-2/h5-8H2,1-4H3,(H,13,18)(H,16,17). The van der Waals surface area contributed by atoms with Gasteiger partial charge in [-0.3, -0.25) is 4.79 Å². The molecule has 0 heterocycles. The first-order valence-corrected chi connectivity index (χ1v) is 6.19. The van der Waals surface area contributed by atoms with Gasteiger partial charge in [0.2, 0.25) is 0 Å². The highest BCUT2D eigenvalue weighted by Gasteiger charge is 2.33. The van der Waals surface area contributed by atoms with Crippen molar-refractivity contribution in [3.8, 4) is 0 Å². The fourth-order valence-corrected chi connectivity index (χ4v) is 1.22. The first-order valence-electron chi connectivity index (χ1n) is 6.19. The maximum Gasteiger partial charge on any atom is 0.329 e. The van der Waals surface area contributed by atoms with Gasteiger partial charge in [0.05, 0.1) is 13.0 Å². The number of hydrogen-bond donors (Lipinski definition) is 2. The maximum absolute atomic E-state index is 11.8. The summed E-state index contributed by atoms with van der Waals surface area (Å²) in [5, 5.41) is 11.5. The molecule has 0 saturated carbocycles. The molecule has 1 atom stereocenters. The summed E-state index contributed by atoms with van der Waals surface area (Å²) < 4.78 is 4.74. The van der Waals surface area contributed by atoms with Gasteiger partial charge in [0.1, 0.15) is 5.54 Å². The Labute approximate surface area is 112 Å². The number of urea groups is 1. The number of nitrogens with zero attached hydrogens (tertiary/aromatic N) is 1. The summed E-state index contributed by atoms with van der Waals surface area (Å²) in [6.07, 6.45) is 0.341. The molecule has 0 rings (SSSR count). The Hall–Kier alpha value is -1.79. The van der Waals surface area contributed by atoms with E-state index in [1.54, 1.807) is 13.8 Å². The first kappa shape index (κ1) is 17.2. The first-order chi connectivity index (χ1) is 8.76. The summed E-state index contributed by atoms with van der Waals surface area (Å²) in [5.41, 5.74) is -1.31. The summed E-state index contributed by atoms with van der Waals surface area (Å²) in [5.74, 6) is -1.49. The lowest BCUT2D eigenvalue weighted by Crippen LogP contribution is -2.55. The van der Waals surface area contributed by atoms with Crippen LogP contribution in [0.1, 0.15) is 33.6 Å². The zero-order valence-electron chi connectivity index (χ0n) is 11.9. The quantitative estimate of drug-likeness (QED) is 0.670. The van der Waals surface area contributed by atoms with Crippen molar-refractivity contribution in [2.45, 2.75) is 39.2 Å². The molecule has 0 radical (unpaired) electrons. The van der Waals surface area contributed by atoms with Crippen LogP contribution in [0.2, 0.25) is 0 Å². The molecule has 0 fully saturated rings. The molecule has 1 unspecified atom stereocenters. The van der Waals surface area contributed by atoms with Crippen LogP contribution < -0.4 is 5.32 Å². The minimum atomic E-state index is -1.31. The lowest BCUT2D eigenvalue weighted by atomic mass is 10.00. The van der Waals surface area contributed by atoms with Crippen LogP contribution in [0.15, 0.2) is 0 Å². The minimum Gasteiger partial charge on any atom is -0.480 e. The third-order valence-corrected chi connectivity index (χ3v) is 2.87.